The van der Waals surface area contributed by atoms with Crippen molar-refractivity contribution in [2.24, 2.45) is 0 Å². The zero-order chi connectivity index (χ0) is 15.8. The summed E-state index contributed by atoms with van der Waals surface area (Å²) < 4.78 is 15.1. The molecule has 0 aliphatic carbocycles. The van der Waals surface area contributed by atoms with Crippen LogP contribution in [-0.4, -0.2) is 39.0 Å². The van der Waals surface area contributed by atoms with Crippen molar-refractivity contribution in [3.8, 4) is 0 Å². The van der Waals surface area contributed by atoms with Gasteiger partial charge >= 0.3 is 6.03 Å². The smallest absolute Gasteiger partial charge is 0.314 e. The molecule has 7 nitrogen and oxygen atoms in total. The normalized spacial score (nSPS) is 11.9. The molecule has 0 spiro atoms. The standard InChI is InChI=1S/C14H18FN5O2/c15-12-5-2-1-4-11(12)13(21)8-18-14(22)17-6-3-7-20-10-16-9-19-20/h1-2,4-5,9-10,13,21H,3,6-8H2,(H2,17,18,22). The number of rotatable bonds is 7. The summed E-state index contributed by atoms with van der Waals surface area (Å²) in [7, 11) is 0. The van der Waals surface area contributed by atoms with Crippen molar-refractivity contribution in [2.75, 3.05) is 13.1 Å². The highest BCUT2D eigenvalue weighted by Gasteiger charge is 2.12. The molecule has 118 valence electrons. The Kier molecular flexibility index (Phi) is 5.84. The van der Waals surface area contributed by atoms with E-state index in [4.69, 9.17) is 0 Å². The Bertz CT molecular complexity index is 591. The second kappa shape index (κ2) is 8.08. The van der Waals surface area contributed by atoms with E-state index in [0.29, 0.717) is 19.5 Å². The van der Waals surface area contributed by atoms with Crippen LogP contribution in [0.5, 0.6) is 0 Å². The van der Waals surface area contributed by atoms with Gasteiger partial charge in [-0.05, 0) is 12.5 Å². The van der Waals surface area contributed by atoms with Gasteiger partial charge in [0.15, 0.2) is 0 Å². The number of aliphatic hydroxyl groups is 1. The van der Waals surface area contributed by atoms with Gasteiger partial charge in [0.2, 0.25) is 0 Å². The molecule has 2 aromatic rings. The van der Waals surface area contributed by atoms with Crippen molar-refractivity contribution in [1.29, 1.82) is 0 Å². The van der Waals surface area contributed by atoms with Crippen LogP contribution in [0.25, 0.3) is 0 Å². The number of carbonyl (C=O) groups is 1. The summed E-state index contributed by atoms with van der Waals surface area (Å²) in [6.07, 6.45) is 2.67. The first-order valence-corrected chi connectivity index (χ1v) is 6.93. The van der Waals surface area contributed by atoms with Gasteiger partial charge in [0.1, 0.15) is 18.5 Å². The van der Waals surface area contributed by atoms with Gasteiger partial charge < -0.3 is 15.7 Å². The van der Waals surface area contributed by atoms with Gasteiger partial charge in [-0.2, -0.15) is 5.10 Å². The number of aryl methyl sites for hydroxylation is 1. The van der Waals surface area contributed by atoms with E-state index in [1.54, 1.807) is 23.1 Å². The zero-order valence-electron chi connectivity index (χ0n) is 11.9. The molecule has 1 atom stereocenters. The minimum atomic E-state index is -1.08. The molecule has 8 heteroatoms. The van der Waals surface area contributed by atoms with Crippen molar-refractivity contribution in [2.45, 2.75) is 19.1 Å². The van der Waals surface area contributed by atoms with E-state index in [9.17, 15) is 14.3 Å². The van der Waals surface area contributed by atoms with Crippen LogP contribution in [0, 0.1) is 5.82 Å². The van der Waals surface area contributed by atoms with Crippen LogP contribution < -0.4 is 10.6 Å². The van der Waals surface area contributed by atoms with E-state index in [2.05, 4.69) is 20.7 Å². The van der Waals surface area contributed by atoms with Gasteiger partial charge in [-0.15, -0.1) is 0 Å². The highest BCUT2D eigenvalue weighted by Crippen LogP contribution is 2.15. The molecule has 0 fully saturated rings. The summed E-state index contributed by atoms with van der Waals surface area (Å²) in [4.78, 5) is 15.4. The molecule has 2 rings (SSSR count). The third-order valence-electron chi connectivity index (χ3n) is 3.04. The SMILES string of the molecule is O=C(NCCCn1cncn1)NCC(O)c1ccccc1F. The number of urea groups is 1. The van der Waals surface area contributed by atoms with Crippen molar-refractivity contribution in [1.82, 2.24) is 25.4 Å². The molecule has 0 aliphatic rings. The van der Waals surface area contributed by atoms with Crippen molar-refractivity contribution in [3.63, 3.8) is 0 Å². The molecule has 1 aromatic carbocycles. The summed E-state index contributed by atoms with van der Waals surface area (Å²) in [5.74, 6) is -0.495. The minimum Gasteiger partial charge on any atom is -0.386 e. The predicted molar refractivity (Wildman–Crippen MR) is 77.4 cm³/mol. The maximum atomic E-state index is 13.4. The topological polar surface area (TPSA) is 92.1 Å². The van der Waals surface area contributed by atoms with E-state index >= 15 is 0 Å². The Morgan fingerprint density at radius 3 is 2.91 bits per heavy atom. The fourth-order valence-corrected chi connectivity index (χ4v) is 1.90. The number of halogens is 1. The predicted octanol–water partition coefficient (Wildman–Crippen LogP) is 0.840. The lowest BCUT2D eigenvalue weighted by Gasteiger charge is -2.13. The molecular weight excluding hydrogens is 289 g/mol. The lowest BCUT2D eigenvalue weighted by atomic mass is 10.1. The van der Waals surface area contributed by atoms with Gasteiger partial charge in [-0.3, -0.25) is 4.68 Å². The van der Waals surface area contributed by atoms with Gasteiger partial charge in [0.05, 0.1) is 6.10 Å². The van der Waals surface area contributed by atoms with Crippen LogP contribution in [-0.2, 0) is 6.54 Å². The van der Waals surface area contributed by atoms with Gasteiger partial charge in [-0.25, -0.2) is 14.2 Å². The molecule has 2 amide bonds. The average Bonchev–Trinajstić information content (AvgIpc) is 3.03. The molecule has 3 N–H and O–H groups in total. The quantitative estimate of drug-likeness (QED) is 0.661. The highest BCUT2D eigenvalue weighted by atomic mass is 19.1. The van der Waals surface area contributed by atoms with Crippen LogP contribution in [0.15, 0.2) is 36.9 Å². The van der Waals surface area contributed by atoms with Crippen molar-refractivity contribution >= 4 is 6.03 Å². The molecule has 1 unspecified atom stereocenters. The van der Waals surface area contributed by atoms with Crippen molar-refractivity contribution in [3.05, 3.63) is 48.3 Å². The Balaban J connectivity index is 1.64. The molecule has 0 bridgehead atoms. The Labute approximate surface area is 127 Å². The second-order valence-electron chi connectivity index (χ2n) is 4.69. The summed E-state index contributed by atoms with van der Waals surface area (Å²) in [5.41, 5.74) is 0.161. The fraction of sp³-hybridized carbons (Fsp3) is 0.357. The van der Waals surface area contributed by atoms with Crippen LogP contribution in [0.4, 0.5) is 9.18 Å². The maximum Gasteiger partial charge on any atom is 0.314 e. The van der Waals surface area contributed by atoms with Crippen LogP contribution in [0.2, 0.25) is 0 Å². The van der Waals surface area contributed by atoms with Crippen LogP contribution in [0.3, 0.4) is 0 Å². The Hall–Kier alpha value is -2.48. The minimum absolute atomic E-state index is 0.0597. The van der Waals surface area contributed by atoms with E-state index in [1.807, 2.05) is 0 Å². The number of nitrogens with one attached hydrogen (secondary N) is 2. The fourth-order valence-electron chi connectivity index (χ4n) is 1.90. The third kappa shape index (κ3) is 4.81. The van der Waals surface area contributed by atoms with Gasteiger partial charge in [0.25, 0.3) is 0 Å². The molecule has 0 aliphatic heterocycles. The number of benzene rings is 1. The maximum absolute atomic E-state index is 13.4. The van der Waals surface area contributed by atoms with Crippen LogP contribution in [0.1, 0.15) is 18.1 Å². The Morgan fingerprint density at radius 2 is 2.18 bits per heavy atom. The summed E-state index contributed by atoms with van der Waals surface area (Å²) >= 11 is 0. The average molecular weight is 307 g/mol. The van der Waals surface area contributed by atoms with Crippen molar-refractivity contribution < 1.29 is 14.3 Å². The number of aromatic nitrogens is 3. The molecular formula is C14H18FN5O2. The molecule has 0 saturated heterocycles. The summed E-state index contributed by atoms with van der Waals surface area (Å²) in [6.45, 7) is 1.05. The number of nitrogens with zero attached hydrogens (tertiary/aromatic N) is 3. The first kappa shape index (κ1) is 15.9. The monoisotopic (exact) mass is 307 g/mol. The summed E-state index contributed by atoms with van der Waals surface area (Å²) in [6, 6.07) is 5.52. The number of amides is 2. The second-order valence-corrected chi connectivity index (χ2v) is 4.69. The number of hydrogen-bond donors (Lipinski definition) is 3. The number of aliphatic hydroxyl groups excluding tert-OH is 1. The van der Waals surface area contributed by atoms with E-state index in [1.165, 1.54) is 18.5 Å². The summed E-state index contributed by atoms with van der Waals surface area (Å²) in [5, 5.41) is 18.9. The number of carbonyl (C=O) groups excluding carboxylic acids is 1. The first-order valence-electron chi connectivity index (χ1n) is 6.93. The number of hydrogen-bond acceptors (Lipinski definition) is 4. The van der Waals surface area contributed by atoms with Crippen LogP contribution >= 0.6 is 0 Å². The molecule has 1 aromatic heterocycles. The molecule has 22 heavy (non-hydrogen) atoms. The van der Waals surface area contributed by atoms with E-state index in [0.717, 1.165) is 0 Å². The zero-order valence-corrected chi connectivity index (χ0v) is 11.9. The van der Waals surface area contributed by atoms with Gasteiger partial charge in [-0.1, -0.05) is 18.2 Å². The first-order chi connectivity index (χ1) is 10.7. The van der Waals surface area contributed by atoms with Gasteiger partial charge in [0, 0.05) is 25.2 Å². The lowest BCUT2D eigenvalue weighted by Crippen LogP contribution is -2.38. The molecule has 0 saturated carbocycles. The molecule has 0 radical (unpaired) electrons. The lowest BCUT2D eigenvalue weighted by molar-refractivity contribution is 0.169. The van der Waals surface area contributed by atoms with E-state index in [-0.39, 0.29) is 12.1 Å². The third-order valence-corrected chi connectivity index (χ3v) is 3.04. The highest BCUT2D eigenvalue weighted by molar-refractivity contribution is 5.73. The van der Waals surface area contributed by atoms with E-state index < -0.39 is 18.0 Å². The largest absolute Gasteiger partial charge is 0.386 e. The Morgan fingerprint density at radius 1 is 1.36 bits per heavy atom. The molecule has 1 heterocycles.